The van der Waals surface area contributed by atoms with Crippen molar-refractivity contribution in [1.29, 1.82) is 0 Å². The maximum absolute atomic E-state index is 2.97. The monoisotopic (exact) mass is 490 g/mol. The normalized spacial score (nSPS) is 9.79. The van der Waals surface area contributed by atoms with Crippen LogP contribution in [0.1, 0.15) is 11.1 Å². The molecule has 2 heteroatoms. The number of fused-ring (bicyclic) bond motifs is 3. The zero-order valence-electron chi connectivity index (χ0n) is 20.4. The van der Waals surface area contributed by atoms with E-state index in [1.165, 1.54) is 54.6 Å². The summed E-state index contributed by atoms with van der Waals surface area (Å²) < 4.78 is 0. The van der Waals surface area contributed by atoms with Gasteiger partial charge in [0.2, 0.25) is 0 Å². The van der Waals surface area contributed by atoms with E-state index < -0.39 is 0 Å². The molecule has 0 heterocycles. The molecule has 6 aromatic carbocycles. The van der Waals surface area contributed by atoms with Gasteiger partial charge in [-0.15, -0.1) is 75.1 Å². The predicted octanol–water partition coefficient (Wildman–Crippen LogP) is 9.07. The summed E-state index contributed by atoms with van der Waals surface area (Å²) in [5.41, 5.74) is 5.32. The van der Waals surface area contributed by atoms with Gasteiger partial charge in [0.25, 0.3) is 0 Å². The fraction of sp³-hybridized carbons (Fsp3) is 0.0625. The van der Waals surface area contributed by atoms with E-state index in [2.05, 4.69) is 131 Å². The third kappa shape index (κ3) is 5.85. The van der Waals surface area contributed by atoms with Gasteiger partial charge in [0, 0.05) is 0 Å². The molecule has 0 N–H and O–H groups in total. The fourth-order valence-corrected chi connectivity index (χ4v) is 4.39. The van der Waals surface area contributed by atoms with Gasteiger partial charge >= 0.3 is 26.8 Å². The van der Waals surface area contributed by atoms with E-state index >= 15 is 0 Å². The van der Waals surface area contributed by atoms with E-state index in [1.807, 2.05) is 0 Å². The van der Waals surface area contributed by atoms with Crippen molar-refractivity contribution in [1.82, 2.24) is 0 Å². The summed E-state index contributed by atoms with van der Waals surface area (Å²) in [5, 5.41) is 7.99. The van der Waals surface area contributed by atoms with Crippen LogP contribution >= 0.6 is 0 Å². The van der Waals surface area contributed by atoms with Crippen molar-refractivity contribution < 1.29 is 19.2 Å². The van der Waals surface area contributed by atoms with Crippen LogP contribution in [0.3, 0.4) is 0 Å². The molecule has 0 aliphatic heterocycles. The van der Waals surface area contributed by atoms with Crippen LogP contribution in [0.25, 0.3) is 43.4 Å². The van der Waals surface area contributed by atoms with Gasteiger partial charge in [-0.3, -0.25) is 0 Å². The minimum absolute atomic E-state index is 0. The molecule has 0 saturated heterocycles. The molecule has 0 unspecified atom stereocenters. The molecule has 0 saturated carbocycles. The summed E-state index contributed by atoms with van der Waals surface area (Å²) >= 11 is 1.81. The Morgan fingerprint density at radius 3 is 1.76 bits per heavy atom. The van der Waals surface area contributed by atoms with Crippen LogP contribution in [0, 0.1) is 28.7 Å². The van der Waals surface area contributed by atoms with Gasteiger partial charge in [0.15, 0.2) is 0 Å². The van der Waals surface area contributed by atoms with Crippen molar-refractivity contribution in [2.45, 2.75) is 13.8 Å². The summed E-state index contributed by atoms with van der Waals surface area (Å²) in [6.45, 7) is 4.28. The molecule has 6 aromatic rings. The molecule has 0 aliphatic rings. The van der Waals surface area contributed by atoms with E-state index in [9.17, 15) is 0 Å². The van der Waals surface area contributed by atoms with Crippen molar-refractivity contribution in [3.05, 3.63) is 135 Å². The molecule has 0 nitrogen and oxygen atoms in total. The second-order valence-electron chi connectivity index (χ2n) is 8.03. The second-order valence-corrected chi connectivity index (χ2v) is 8.03. The van der Waals surface area contributed by atoms with Crippen molar-refractivity contribution >= 4 is 39.9 Å². The number of hydrogen-bond acceptors (Lipinski definition) is 0. The molecule has 0 spiro atoms. The zero-order valence-corrected chi connectivity index (χ0v) is 23.0. The molecule has 0 aromatic heterocycles. The van der Waals surface area contributed by atoms with Crippen molar-refractivity contribution in [3.63, 3.8) is 0 Å². The van der Waals surface area contributed by atoms with Crippen molar-refractivity contribution in [2.24, 2.45) is 0 Å². The number of benzene rings is 4. The first kappa shape index (κ1) is 27.5. The SMILES string of the molecule is Cc1cc2c(-c3cccc4ccccc34)cccc2[cH-]1.Cc1cc2ccccc2[cH-]1.[CH3-].[CH3-].[Si]=[Ti]. The Balaban J connectivity index is 0.000000249. The standard InChI is InChI=1S/C20H15.C10H9.2CH3.Si.Ti/c1-14-12-16-8-5-11-19(20(16)13-14)18-10-4-7-15-6-2-3-9-17(15)18;1-8-6-9-4-2-3-5-10(9)7-8;;;;/h2-13H,1H3;2-7H,1H3;2*1H3;;/q4*-1;;. The topological polar surface area (TPSA) is 0 Å². The molecule has 0 bridgehead atoms. The molecule has 0 atom stereocenters. The Labute approximate surface area is 218 Å². The molecular formula is C32H30SiTi-4. The fourth-order valence-electron chi connectivity index (χ4n) is 4.39. The van der Waals surface area contributed by atoms with E-state index in [1.54, 1.807) is 19.2 Å². The van der Waals surface area contributed by atoms with Gasteiger partial charge in [-0.05, 0) is 16.3 Å². The van der Waals surface area contributed by atoms with Crippen LogP contribution in [-0.4, -0.2) is 7.63 Å². The van der Waals surface area contributed by atoms with E-state index in [4.69, 9.17) is 0 Å². The molecule has 34 heavy (non-hydrogen) atoms. The van der Waals surface area contributed by atoms with Crippen molar-refractivity contribution in [3.8, 4) is 11.1 Å². The van der Waals surface area contributed by atoms with E-state index in [-0.39, 0.29) is 14.9 Å². The molecular weight excluding hydrogens is 460 g/mol. The minimum atomic E-state index is 0. The molecule has 0 aliphatic carbocycles. The average molecular weight is 491 g/mol. The van der Waals surface area contributed by atoms with Gasteiger partial charge in [-0.25, -0.2) is 0 Å². The summed E-state index contributed by atoms with van der Waals surface area (Å²) in [6.07, 6.45) is 0. The molecule has 0 amide bonds. The quantitative estimate of drug-likeness (QED) is 0.159. The van der Waals surface area contributed by atoms with E-state index in [0.717, 1.165) is 0 Å². The average Bonchev–Trinajstić information content (AvgIpc) is 3.41. The van der Waals surface area contributed by atoms with Gasteiger partial charge in [-0.1, -0.05) is 74.0 Å². The second kappa shape index (κ2) is 12.7. The summed E-state index contributed by atoms with van der Waals surface area (Å²) in [7, 11) is 2.97. The Hall–Kier alpha value is -2.71. The Morgan fingerprint density at radius 2 is 1.03 bits per heavy atom. The summed E-state index contributed by atoms with van der Waals surface area (Å²) in [5.74, 6) is 0. The predicted molar refractivity (Wildman–Crippen MR) is 150 cm³/mol. The summed E-state index contributed by atoms with van der Waals surface area (Å²) in [6, 6.07) is 39.1. The number of aryl methyl sites for hydroxylation is 2. The Morgan fingerprint density at radius 1 is 0.529 bits per heavy atom. The van der Waals surface area contributed by atoms with Gasteiger partial charge in [0.05, 0.1) is 0 Å². The van der Waals surface area contributed by atoms with Crippen LogP contribution in [0.2, 0.25) is 0 Å². The van der Waals surface area contributed by atoms with Gasteiger partial charge < -0.3 is 14.9 Å². The first-order valence-electron chi connectivity index (χ1n) is 10.7. The van der Waals surface area contributed by atoms with Crippen LogP contribution < -0.4 is 0 Å². The summed E-state index contributed by atoms with van der Waals surface area (Å²) in [4.78, 5) is 0. The first-order valence-corrected chi connectivity index (χ1v) is 13.5. The maximum atomic E-state index is 2.97. The van der Waals surface area contributed by atoms with Crippen LogP contribution in [-0.2, 0) is 19.2 Å². The molecule has 0 fully saturated rings. The third-order valence-corrected chi connectivity index (χ3v) is 5.74. The van der Waals surface area contributed by atoms with Crippen molar-refractivity contribution in [2.75, 3.05) is 0 Å². The Bertz CT molecular complexity index is 1450. The molecule has 170 valence electrons. The zero-order chi connectivity index (χ0) is 22.5. The van der Waals surface area contributed by atoms with Gasteiger partial charge in [0.1, 0.15) is 0 Å². The van der Waals surface area contributed by atoms with Crippen LogP contribution in [0.4, 0.5) is 0 Å². The van der Waals surface area contributed by atoms with Crippen LogP contribution in [0.15, 0.2) is 109 Å². The molecule has 2 radical (unpaired) electrons. The third-order valence-electron chi connectivity index (χ3n) is 5.74. The number of rotatable bonds is 1. The van der Waals surface area contributed by atoms with Crippen LogP contribution in [0.5, 0.6) is 0 Å². The van der Waals surface area contributed by atoms with E-state index in [0.29, 0.717) is 0 Å². The molecule has 6 rings (SSSR count). The number of hydrogen-bond donors (Lipinski definition) is 0. The van der Waals surface area contributed by atoms with Gasteiger partial charge in [-0.2, -0.15) is 12.1 Å². The Kier molecular flexibility index (Phi) is 10.3. The first-order chi connectivity index (χ1) is 15.7.